The summed E-state index contributed by atoms with van der Waals surface area (Å²) in [6, 6.07) is 0. The zero-order chi connectivity index (χ0) is 12.0. The molecule has 0 fully saturated rings. The normalized spacial score (nSPS) is 10.7. The zero-order valence-electron chi connectivity index (χ0n) is 10.3. The summed E-state index contributed by atoms with van der Waals surface area (Å²) >= 11 is 0. The lowest BCUT2D eigenvalue weighted by molar-refractivity contribution is 0.157. The minimum atomic E-state index is 0.630. The molecular weight excluding hydrogens is 204 g/mol. The van der Waals surface area contributed by atoms with Gasteiger partial charge in [-0.3, -0.25) is 0 Å². The molecule has 0 aliphatic rings. The lowest BCUT2D eigenvalue weighted by atomic mass is 10.4. The van der Waals surface area contributed by atoms with Crippen LogP contribution >= 0.6 is 0 Å². The number of aryl methyl sites for hydroxylation is 1. The summed E-state index contributed by atoms with van der Waals surface area (Å²) in [5, 5.41) is 11.3. The van der Waals surface area contributed by atoms with E-state index in [1.54, 1.807) is 0 Å². The zero-order valence-corrected chi connectivity index (χ0v) is 10.3. The van der Waals surface area contributed by atoms with Crippen molar-refractivity contribution in [3.05, 3.63) is 23.8 Å². The minimum Gasteiger partial charge on any atom is -0.376 e. The van der Waals surface area contributed by atoms with Gasteiger partial charge in [-0.15, -0.1) is 10.2 Å². The van der Waals surface area contributed by atoms with Gasteiger partial charge in [-0.2, -0.15) is 0 Å². The maximum absolute atomic E-state index is 5.36. The first-order chi connectivity index (χ1) is 7.61. The fourth-order valence-corrected chi connectivity index (χ4v) is 1.20. The fraction of sp³-hybridized carbons (Fsp3) is 0.636. The molecule has 0 amide bonds. The number of hydrogen-bond donors (Lipinski definition) is 1. The van der Waals surface area contributed by atoms with Gasteiger partial charge in [-0.1, -0.05) is 12.2 Å². The molecule has 90 valence electrons. The third-order valence-electron chi connectivity index (χ3n) is 2.24. The highest BCUT2D eigenvalue weighted by atomic mass is 16.5. The van der Waals surface area contributed by atoms with Crippen LogP contribution in [0.2, 0.25) is 0 Å². The largest absolute Gasteiger partial charge is 0.376 e. The molecule has 5 nitrogen and oxygen atoms in total. The average molecular weight is 224 g/mol. The summed E-state index contributed by atoms with van der Waals surface area (Å²) in [4.78, 5) is 0. The lowest BCUT2D eigenvalue weighted by Gasteiger charge is -2.05. The molecule has 0 aromatic carbocycles. The fourth-order valence-electron chi connectivity index (χ4n) is 1.20. The molecule has 0 unspecified atom stereocenters. The van der Waals surface area contributed by atoms with Crippen molar-refractivity contribution in [1.29, 1.82) is 0 Å². The first-order valence-electron chi connectivity index (χ1n) is 5.39. The van der Waals surface area contributed by atoms with Gasteiger partial charge in [-0.05, 0) is 13.8 Å². The Morgan fingerprint density at radius 3 is 2.81 bits per heavy atom. The van der Waals surface area contributed by atoms with Crippen LogP contribution in [0, 0.1) is 6.92 Å². The highest BCUT2D eigenvalue weighted by molar-refractivity contribution is 4.91. The third kappa shape index (κ3) is 4.12. The average Bonchev–Trinajstić information content (AvgIpc) is 2.54. The third-order valence-corrected chi connectivity index (χ3v) is 2.24. The molecule has 0 aliphatic carbocycles. The highest BCUT2D eigenvalue weighted by Crippen LogP contribution is 1.96. The van der Waals surface area contributed by atoms with Gasteiger partial charge < -0.3 is 14.6 Å². The van der Waals surface area contributed by atoms with Crippen LogP contribution in [-0.4, -0.2) is 34.5 Å². The van der Waals surface area contributed by atoms with Gasteiger partial charge in [0, 0.05) is 13.6 Å². The first kappa shape index (κ1) is 12.9. The van der Waals surface area contributed by atoms with Crippen molar-refractivity contribution in [2.75, 3.05) is 19.8 Å². The summed E-state index contributed by atoms with van der Waals surface area (Å²) in [5.74, 6) is 1.87. The van der Waals surface area contributed by atoms with E-state index in [2.05, 4.69) is 22.1 Å². The van der Waals surface area contributed by atoms with E-state index in [4.69, 9.17) is 4.74 Å². The molecule has 1 heterocycles. The molecule has 1 aromatic heterocycles. The Hall–Kier alpha value is -1.20. The van der Waals surface area contributed by atoms with E-state index in [0.717, 1.165) is 23.8 Å². The minimum absolute atomic E-state index is 0.630. The first-order valence-corrected chi connectivity index (χ1v) is 5.39. The van der Waals surface area contributed by atoms with E-state index >= 15 is 0 Å². The Morgan fingerprint density at radius 1 is 1.50 bits per heavy atom. The molecular formula is C11H20N4O. The van der Waals surface area contributed by atoms with Crippen molar-refractivity contribution in [2.24, 2.45) is 7.05 Å². The predicted molar refractivity (Wildman–Crippen MR) is 63.1 cm³/mol. The molecule has 0 saturated carbocycles. The van der Waals surface area contributed by atoms with E-state index in [-0.39, 0.29) is 0 Å². The summed E-state index contributed by atoms with van der Waals surface area (Å²) in [6.07, 6.45) is 0. The Balaban J connectivity index is 2.12. The molecule has 0 saturated heterocycles. The molecule has 1 aromatic rings. The van der Waals surface area contributed by atoms with Crippen LogP contribution in [0.4, 0.5) is 0 Å². The van der Waals surface area contributed by atoms with Gasteiger partial charge >= 0.3 is 0 Å². The Kier molecular flexibility index (Phi) is 5.14. The smallest absolute Gasteiger partial charge is 0.146 e. The molecule has 0 spiro atoms. The molecule has 0 bridgehead atoms. The Labute approximate surface area is 96.5 Å². The molecule has 16 heavy (non-hydrogen) atoms. The van der Waals surface area contributed by atoms with Gasteiger partial charge in [0.05, 0.1) is 19.8 Å². The van der Waals surface area contributed by atoms with E-state index in [1.165, 1.54) is 0 Å². The van der Waals surface area contributed by atoms with Crippen LogP contribution in [-0.2, 0) is 18.3 Å². The second-order valence-corrected chi connectivity index (χ2v) is 3.91. The number of nitrogens with one attached hydrogen (secondary N) is 1. The summed E-state index contributed by atoms with van der Waals surface area (Å²) in [6.45, 7) is 10.5. The molecule has 1 rings (SSSR count). The van der Waals surface area contributed by atoms with Crippen LogP contribution in [0.3, 0.4) is 0 Å². The van der Waals surface area contributed by atoms with Crippen LogP contribution in [0.1, 0.15) is 18.6 Å². The molecule has 1 N–H and O–H groups in total. The van der Waals surface area contributed by atoms with Crippen molar-refractivity contribution < 1.29 is 4.74 Å². The van der Waals surface area contributed by atoms with Gasteiger partial charge in [0.2, 0.25) is 0 Å². The molecule has 0 radical (unpaired) electrons. The van der Waals surface area contributed by atoms with Crippen molar-refractivity contribution >= 4 is 0 Å². The lowest BCUT2D eigenvalue weighted by Crippen LogP contribution is -2.21. The van der Waals surface area contributed by atoms with Crippen LogP contribution in [0.5, 0.6) is 0 Å². The van der Waals surface area contributed by atoms with E-state index < -0.39 is 0 Å². The number of ether oxygens (including phenoxy) is 1. The maximum Gasteiger partial charge on any atom is 0.146 e. The van der Waals surface area contributed by atoms with E-state index in [1.807, 2.05) is 25.5 Å². The topological polar surface area (TPSA) is 52.0 Å². The molecule has 0 atom stereocenters. The SMILES string of the molecule is C=C(C)COCCNCc1nnc(C)n1C. The Bertz CT molecular complexity index is 346. The van der Waals surface area contributed by atoms with Crippen molar-refractivity contribution in [1.82, 2.24) is 20.1 Å². The van der Waals surface area contributed by atoms with Gasteiger partial charge in [0.1, 0.15) is 11.6 Å². The Morgan fingerprint density at radius 2 is 2.25 bits per heavy atom. The van der Waals surface area contributed by atoms with E-state index in [9.17, 15) is 0 Å². The predicted octanol–water partition coefficient (Wildman–Crippen LogP) is 0.806. The maximum atomic E-state index is 5.36. The van der Waals surface area contributed by atoms with Gasteiger partial charge in [0.15, 0.2) is 0 Å². The second-order valence-electron chi connectivity index (χ2n) is 3.91. The summed E-state index contributed by atoms with van der Waals surface area (Å²) in [5.41, 5.74) is 1.05. The quantitative estimate of drug-likeness (QED) is 0.550. The standard InChI is InChI=1S/C11H20N4O/c1-9(2)8-16-6-5-12-7-11-14-13-10(3)15(11)4/h12H,1,5-8H2,2-4H3. The van der Waals surface area contributed by atoms with Crippen molar-refractivity contribution in [3.8, 4) is 0 Å². The number of rotatable bonds is 7. The highest BCUT2D eigenvalue weighted by Gasteiger charge is 2.02. The van der Waals surface area contributed by atoms with Crippen LogP contribution in [0.15, 0.2) is 12.2 Å². The monoisotopic (exact) mass is 224 g/mol. The van der Waals surface area contributed by atoms with Crippen molar-refractivity contribution in [3.63, 3.8) is 0 Å². The van der Waals surface area contributed by atoms with Crippen LogP contribution < -0.4 is 5.32 Å². The van der Waals surface area contributed by atoms with Gasteiger partial charge in [-0.25, -0.2) is 0 Å². The van der Waals surface area contributed by atoms with E-state index in [0.29, 0.717) is 19.8 Å². The number of aromatic nitrogens is 3. The van der Waals surface area contributed by atoms with Gasteiger partial charge in [0.25, 0.3) is 0 Å². The van der Waals surface area contributed by atoms with Crippen LogP contribution in [0.25, 0.3) is 0 Å². The summed E-state index contributed by atoms with van der Waals surface area (Å²) in [7, 11) is 1.96. The second kappa shape index (κ2) is 6.40. The number of nitrogens with zero attached hydrogens (tertiary/aromatic N) is 3. The molecule has 5 heteroatoms. The van der Waals surface area contributed by atoms with Crippen molar-refractivity contribution in [2.45, 2.75) is 20.4 Å². The summed E-state index contributed by atoms with van der Waals surface area (Å²) < 4.78 is 7.34. The molecule has 0 aliphatic heterocycles. The number of hydrogen-bond acceptors (Lipinski definition) is 4.